The summed E-state index contributed by atoms with van der Waals surface area (Å²) in [5.41, 5.74) is 1.23. The third kappa shape index (κ3) is 1.26. The summed E-state index contributed by atoms with van der Waals surface area (Å²) in [6.45, 7) is 0. The smallest absolute Gasteiger partial charge is 0.248 e. The zero-order valence-corrected chi connectivity index (χ0v) is 6.91. The molecule has 0 aliphatic rings. The summed E-state index contributed by atoms with van der Waals surface area (Å²) >= 11 is 0. The molecule has 0 radical (unpaired) electrons. The molecule has 0 amide bonds. The molecule has 0 aliphatic heterocycles. The number of alkyl halides is 2. The number of hydrogen-bond acceptors (Lipinski definition) is 2. The van der Waals surface area contributed by atoms with Crippen LogP contribution < -0.4 is 0 Å². The van der Waals surface area contributed by atoms with Gasteiger partial charge in [0.2, 0.25) is 0 Å². The van der Waals surface area contributed by atoms with Crippen LogP contribution in [-0.4, -0.2) is 15.0 Å². The molecule has 0 aliphatic carbocycles. The SMILES string of the molecule is Cn1nnc2cc(C(F)F)ccc21. The summed E-state index contributed by atoms with van der Waals surface area (Å²) in [5.74, 6) is 0. The van der Waals surface area contributed by atoms with Gasteiger partial charge in [0.1, 0.15) is 5.52 Å². The molecule has 3 nitrogen and oxygen atoms in total. The molecule has 0 fully saturated rings. The van der Waals surface area contributed by atoms with Gasteiger partial charge in [-0.15, -0.1) is 5.10 Å². The Hall–Kier alpha value is -1.52. The predicted octanol–water partition coefficient (Wildman–Crippen LogP) is 1.91. The molecule has 0 atom stereocenters. The first-order valence-corrected chi connectivity index (χ1v) is 3.76. The molecule has 0 saturated carbocycles. The van der Waals surface area contributed by atoms with Gasteiger partial charge in [-0.1, -0.05) is 11.3 Å². The average molecular weight is 183 g/mol. The first-order valence-electron chi connectivity index (χ1n) is 3.76. The summed E-state index contributed by atoms with van der Waals surface area (Å²) in [6.07, 6.45) is -2.45. The lowest BCUT2D eigenvalue weighted by Gasteiger charge is -1.97. The maximum Gasteiger partial charge on any atom is 0.263 e. The summed E-state index contributed by atoms with van der Waals surface area (Å²) in [4.78, 5) is 0. The normalized spacial score (nSPS) is 11.4. The van der Waals surface area contributed by atoms with Crippen LogP contribution in [0, 0.1) is 0 Å². The number of aryl methyl sites for hydroxylation is 1. The Morgan fingerprint density at radius 3 is 2.85 bits per heavy atom. The van der Waals surface area contributed by atoms with E-state index in [2.05, 4.69) is 10.3 Å². The minimum absolute atomic E-state index is 0.0204. The van der Waals surface area contributed by atoms with Crippen molar-refractivity contribution in [1.29, 1.82) is 0 Å². The van der Waals surface area contributed by atoms with Crippen LogP contribution in [0.15, 0.2) is 18.2 Å². The lowest BCUT2D eigenvalue weighted by atomic mass is 10.2. The van der Waals surface area contributed by atoms with Crippen molar-refractivity contribution >= 4 is 11.0 Å². The molecular formula is C8H7F2N3. The summed E-state index contributed by atoms with van der Waals surface area (Å²) < 4.78 is 26.0. The maximum atomic E-state index is 12.2. The molecule has 1 heterocycles. The van der Waals surface area contributed by atoms with Crippen LogP contribution >= 0.6 is 0 Å². The second-order valence-electron chi connectivity index (χ2n) is 2.76. The minimum Gasteiger partial charge on any atom is -0.248 e. The van der Waals surface area contributed by atoms with Crippen LogP contribution in [0.25, 0.3) is 11.0 Å². The zero-order valence-electron chi connectivity index (χ0n) is 6.91. The lowest BCUT2D eigenvalue weighted by molar-refractivity contribution is 0.151. The zero-order chi connectivity index (χ0) is 9.42. The van der Waals surface area contributed by atoms with Gasteiger partial charge in [0.05, 0.1) is 5.52 Å². The number of benzene rings is 1. The van der Waals surface area contributed by atoms with Crippen molar-refractivity contribution in [1.82, 2.24) is 15.0 Å². The van der Waals surface area contributed by atoms with Crippen molar-refractivity contribution in [2.45, 2.75) is 6.43 Å². The van der Waals surface area contributed by atoms with Gasteiger partial charge in [0.15, 0.2) is 0 Å². The predicted molar refractivity (Wildman–Crippen MR) is 43.5 cm³/mol. The average Bonchev–Trinajstić information content (AvgIpc) is 2.47. The molecule has 1 aromatic heterocycles. The fraction of sp³-hybridized carbons (Fsp3) is 0.250. The fourth-order valence-electron chi connectivity index (χ4n) is 1.19. The Morgan fingerprint density at radius 2 is 2.15 bits per heavy atom. The molecular weight excluding hydrogens is 176 g/mol. The molecule has 5 heteroatoms. The van der Waals surface area contributed by atoms with Crippen LogP contribution in [0.1, 0.15) is 12.0 Å². The minimum atomic E-state index is -2.45. The van der Waals surface area contributed by atoms with Crippen molar-refractivity contribution in [2.75, 3.05) is 0 Å². The van der Waals surface area contributed by atoms with Crippen molar-refractivity contribution in [2.24, 2.45) is 7.05 Å². The lowest BCUT2D eigenvalue weighted by Crippen LogP contribution is -1.89. The molecule has 0 N–H and O–H groups in total. The number of aromatic nitrogens is 3. The molecule has 13 heavy (non-hydrogen) atoms. The Labute approximate surface area is 73.0 Å². The number of fused-ring (bicyclic) bond motifs is 1. The van der Waals surface area contributed by atoms with Crippen molar-refractivity contribution < 1.29 is 8.78 Å². The molecule has 2 rings (SSSR count). The van der Waals surface area contributed by atoms with Crippen LogP contribution in [0.3, 0.4) is 0 Å². The van der Waals surface area contributed by atoms with E-state index in [4.69, 9.17) is 0 Å². The first-order chi connectivity index (χ1) is 6.18. The van der Waals surface area contributed by atoms with Gasteiger partial charge >= 0.3 is 0 Å². The van der Waals surface area contributed by atoms with Gasteiger partial charge < -0.3 is 0 Å². The highest BCUT2D eigenvalue weighted by atomic mass is 19.3. The van der Waals surface area contributed by atoms with E-state index in [1.165, 1.54) is 12.1 Å². The standard InChI is InChI=1S/C8H7F2N3/c1-13-7-3-2-5(8(9)10)4-6(7)11-12-13/h2-4,8H,1H3. The highest BCUT2D eigenvalue weighted by Crippen LogP contribution is 2.21. The van der Waals surface area contributed by atoms with Crippen molar-refractivity contribution in [3.63, 3.8) is 0 Å². The second-order valence-corrected chi connectivity index (χ2v) is 2.76. The molecule has 0 saturated heterocycles. The highest BCUT2D eigenvalue weighted by Gasteiger charge is 2.09. The van der Waals surface area contributed by atoms with Crippen LogP contribution in [0.5, 0.6) is 0 Å². The molecule has 1 aromatic carbocycles. The summed E-state index contributed by atoms with van der Waals surface area (Å²) in [5, 5.41) is 7.46. The van der Waals surface area contributed by atoms with Gasteiger partial charge in [0, 0.05) is 12.6 Å². The topological polar surface area (TPSA) is 30.7 Å². The molecule has 0 unspecified atom stereocenters. The van der Waals surface area contributed by atoms with E-state index in [9.17, 15) is 8.78 Å². The summed E-state index contributed by atoms with van der Waals surface area (Å²) in [6, 6.07) is 4.33. The number of halogens is 2. The van der Waals surface area contributed by atoms with Gasteiger partial charge in [-0.25, -0.2) is 13.5 Å². The second kappa shape index (κ2) is 2.76. The quantitative estimate of drug-likeness (QED) is 0.676. The van der Waals surface area contributed by atoms with Crippen LogP contribution in [-0.2, 0) is 7.05 Å². The van der Waals surface area contributed by atoms with Gasteiger partial charge in [-0.3, -0.25) is 0 Å². The van der Waals surface area contributed by atoms with Gasteiger partial charge in [-0.2, -0.15) is 0 Å². The van der Waals surface area contributed by atoms with Crippen molar-refractivity contribution in [3.8, 4) is 0 Å². The monoisotopic (exact) mass is 183 g/mol. The third-order valence-electron chi connectivity index (χ3n) is 1.89. The molecule has 0 bridgehead atoms. The largest absolute Gasteiger partial charge is 0.263 e. The van der Waals surface area contributed by atoms with E-state index in [1.807, 2.05) is 0 Å². The number of rotatable bonds is 1. The van der Waals surface area contributed by atoms with Gasteiger partial charge in [-0.05, 0) is 12.1 Å². The van der Waals surface area contributed by atoms with Gasteiger partial charge in [0.25, 0.3) is 6.43 Å². The highest BCUT2D eigenvalue weighted by molar-refractivity contribution is 5.74. The first kappa shape index (κ1) is 8.10. The third-order valence-corrected chi connectivity index (χ3v) is 1.89. The van der Waals surface area contributed by atoms with E-state index in [0.29, 0.717) is 5.52 Å². The van der Waals surface area contributed by atoms with Crippen LogP contribution in [0.4, 0.5) is 8.78 Å². The maximum absolute atomic E-state index is 12.2. The number of nitrogens with zero attached hydrogens (tertiary/aromatic N) is 3. The van der Waals surface area contributed by atoms with E-state index in [1.54, 1.807) is 17.8 Å². The van der Waals surface area contributed by atoms with Crippen molar-refractivity contribution in [3.05, 3.63) is 23.8 Å². The Balaban J connectivity index is 2.63. The molecule has 68 valence electrons. The van der Waals surface area contributed by atoms with E-state index in [0.717, 1.165) is 5.52 Å². The van der Waals surface area contributed by atoms with E-state index < -0.39 is 6.43 Å². The molecule has 0 spiro atoms. The van der Waals surface area contributed by atoms with Crippen LogP contribution in [0.2, 0.25) is 0 Å². The van der Waals surface area contributed by atoms with E-state index in [-0.39, 0.29) is 5.56 Å². The Kier molecular flexibility index (Phi) is 1.72. The fourth-order valence-corrected chi connectivity index (χ4v) is 1.19. The Morgan fingerprint density at radius 1 is 1.38 bits per heavy atom. The Bertz CT molecular complexity index is 436. The number of hydrogen-bond donors (Lipinski definition) is 0. The van der Waals surface area contributed by atoms with E-state index >= 15 is 0 Å². The molecule has 2 aromatic rings. The summed E-state index contributed by atoms with van der Waals surface area (Å²) in [7, 11) is 1.72.